The Bertz CT molecular complexity index is 199. The van der Waals surface area contributed by atoms with Crippen LogP contribution in [0.25, 0.3) is 0 Å². The zero-order valence-corrected chi connectivity index (χ0v) is 9.27. The summed E-state index contributed by atoms with van der Waals surface area (Å²) in [4.78, 5) is 1.78. The third-order valence-electron chi connectivity index (χ3n) is 2.27. The van der Waals surface area contributed by atoms with E-state index in [1.165, 1.54) is 0 Å². The zero-order valence-electron chi connectivity index (χ0n) is 7.68. The van der Waals surface area contributed by atoms with Crippen molar-refractivity contribution in [2.45, 2.75) is 23.2 Å². The molecule has 1 aliphatic heterocycles. The summed E-state index contributed by atoms with van der Waals surface area (Å²) >= 11 is 3.30. The van der Waals surface area contributed by atoms with Gasteiger partial charge >= 0.3 is 6.18 Å². The van der Waals surface area contributed by atoms with Gasteiger partial charge in [-0.1, -0.05) is 15.9 Å². The number of nitrogens with one attached hydrogen (secondary N) is 1. The van der Waals surface area contributed by atoms with E-state index in [2.05, 4.69) is 21.2 Å². The Kier molecular flexibility index (Phi) is 3.79. The van der Waals surface area contributed by atoms with E-state index < -0.39 is 12.7 Å². The number of halogens is 4. The van der Waals surface area contributed by atoms with Gasteiger partial charge in [-0.15, -0.1) is 0 Å². The molecule has 3 N–H and O–H groups in total. The molecule has 0 aromatic rings. The van der Waals surface area contributed by atoms with E-state index in [4.69, 9.17) is 5.73 Å². The molecule has 0 radical (unpaired) electrons. The first-order valence-corrected chi connectivity index (χ1v) is 5.13. The second-order valence-electron chi connectivity index (χ2n) is 3.47. The number of likely N-dealkylation sites (tertiary alicyclic amines) is 1. The summed E-state index contributed by atoms with van der Waals surface area (Å²) in [6.45, 7) is -0.349. The fraction of sp³-hybridized carbons (Fsp3) is 1.00. The maximum atomic E-state index is 11.9. The summed E-state index contributed by atoms with van der Waals surface area (Å²) < 4.78 is 35.8. The molecule has 7 heteroatoms. The number of hydrogen-bond acceptors (Lipinski definition) is 3. The molecule has 84 valence electrons. The van der Waals surface area contributed by atoms with Crippen molar-refractivity contribution in [3.8, 4) is 0 Å². The number of nitrogens with two attached hydrogens (primary N) is 1. The van der Waals surface area contributed by atoms with Crippen LogP contribution in [-0.4, -0.2) is 48.2 Å². The maximum absolute atomic E-state index is 11.9. The van der Waals surface area contributed by atoms with E-state index >= 15 is 0 Å². The highest BCUT2D eigenvalue weighted by atomic mass is 79.9. The zero-order chi connectivity index (χ0) is 10.9. The first kappa shape index (κ1) is 12.2. The van der Waals surface area contributed by atoms with E-state index in [0.29, 0.717) is 6.54 Å². The van der Waals surface area contributed by atoms with Crippen molar-refractivity contribution in [1.29, 1.82) is 0 Å². The lowest BCUT2D eigenvalue weighted by Gasteiger charge is -2.22. The van der Waals surface area contributed by atoms with Crippen LogP contribution in [-0.2, 0) is 0 Å². The molecular formula is C7H13BrF3N3. The molecular weight excluding hydrogens is 263 g/mol. The van der Waals surface area contributed by atoms with Gasteiger partial charge in [-0.25, -0.2) is 0 Å². The van der Waals surface area contributed by atoms with E-state index in [0.717, 1.165) is 0 Å². The van der Waals surface area contributed by atoms with Crippen LogP contribution in [0.15, 0.2) is 0 Å². The molecule has 0 amide bonds. The molecule has 3 atom stereocenters. The topological polar surface area (TPSA) is 41.3 Å². The molecule has 1 saturated heterocycles. The van der Waals surface area contributed by atoms with Crippen LogP contribution >= 0.6 is 15.9 Å². The molecule has 0 spiro atoms. The van der Waals surface area contributed by atoms with Gasteiger partial charge in [0.05, 0.1) is 12.7 Å². The van der Waals surface area contributed by atoms with Crippen LogP contribution < -0.4 is 11.1 Å². The Balaban J connectivity index is 2.44. The normalized spacial score (nSPS) is 35.1. The van der Waals surface area contributed by atoms with E-state index in [9.17, 15) is 13.2 Å². The van der Waals surface area contributed by atoms with Crippen LogP contribution in [0.4, 0.5) is 13.2 Å². The average molecular weight is 276 g/mol. The summed E-state index contributed by atoms with van der Waals surface area (Å²) in [5.74, 6) is 0. The lowest BCUT2D eigenvalue weighted by atomic mass is 10.2. The van der Waals surface area contributed by atoms with Gasteiger partial charge in [0.25, 0.3) is 0 Å². The molecule has 1 aliphatic rings. The average Bonchev–Trinajstić information content (AvgIpc) is 2.23. The molecule has 0 bridgehead atoms. The highest BCUT2D eigenvalue weighted by molar-refractivity contribution is 9.09. The van der Waals surface area contributed by atoms with E-state index in [1.54, 1.807) is 7.05 Å². The second kappa shape index (κ2) is 4.34. The predicted octanol–water partition coefficient (Wildman–Crippen LogP) is 0.501. The van der Waals surface area contributed by atoms with Gasteiger partial charge in [0, 0.05) is 17.4 Å². The first-order valence-electron chi connectivity index (χ1n) is 4.21. The Hall–Kier alpha value is 0.150. The van der Waals surface area contributed by atoms with Gasteiger partial charge in [0.2, 0.25) is 0 Å². The van der Waals surface area contributed by atoms with Crippen LogP contribution in [0.5, 0.6) is 0 Å². The third-order valence-corrected chi connectivity index (χ3v) is 3.13. The van der Waals surface area contributed by atoms with Crippen LogP contribution in [0.2, 0.25) is 0 Å². The Morgan fingerprint density at radius 2 is 2.14 bits per heavy atom. The quantitative estimate of drug-likeness (QED) is 0.722. The third kappa shape index (κ3) is 3.08. The Morgan fingerprint density at radius 1 is 1.57 bits per heavy atom. The van der Waals surface area contributed by atoms with Crippen LogP contribution in [0.1, 0.15) is 0 Å². The second-order valence-corrected chi connectivity index (χ2v) is 4.64. The van der Waals surface area contributed by atoms with Crippen molar-refractivity contribution in [3.05, 3.63) is 0 Å². The molecule has 1 heterocycles. The monoisotopic (exact) mass is 275 g/mol. The maximum Gasteiger partial charge on any atom is 0.401 e. The summed E-state index contributed by atoms with van der Waals surface area (Å²) in [6, 6.07) is -0.360. The van der Waals surface area contributed by atoms with Crippen LogP contribution in [0.3, 0.4) is 0 Å². The first-order chi connectivity index (χ1) is 6.31. The van der Waals surface area contributed by atoms with E-state index in [-0.39, 0.29) is 17.0 Å². The molecule has 0 aromatic carbocycles. The van der Waals surface area contributed by atoms with Gasteiger partial charge < -0.3 is 11.1 Å². The Labute approximate surface area is 88.9 Å². The summed E-state index contributed by atoms with van der Waals surface area (Å²) in [6.07, 6.45) is -4.56. The van der Waals surface area contributed by atoms with Crippen molar-refractivity contribution in [2.75, 3.05) is 20.1 Å². The number of alkyl halides is 4. The highest BCUT2D eigenvalue weighted by Gasteiger charge is 2.38. The molecule has 1 fully saturated rings. The number of nitrogens with zero attached hydrogens (tertiary/aromatic N) is 1. The fourth-order valence-electron chi connectivity index (χ4n) is 1.48. The molecule has 1 rings (SSSR count). The highest BCUT2D eigenvalue weighted by Crippen LogP contribution is 2.21. The van der Waals surface area contributed by atoms with Crippen molar-refractivity contribution in [2.24, 2.45) is 5.73 Å². The standard InChI is InChI=1S/C7H13BrF3N3/c1-14-2-4(8)5(6(14)12)13-3-7(9,10)11/h4-6,13H,2-3,12H2,1H3. The summed E-state index contributed by atoms with van der Waals surface area (Å²) in [5.41, 5.74) is 5.71. The van der Waals surface area contributed by atoms with Gasteiger partial charge in [-0.05, 0) is 7.05 Å². The summed E-state index contributed by atoms with van der Waals surface area (Å²) in [7, 11) is 1.79. The molecule has 0 saturated carbocycles. The van der Waals surface area contributed by atoms with Crippen molar-refractivity contribution >= 4 is 15.9 Å². The van der Waals surface area contributed by atoms with Crippen molar-refractivity contribution < 1.29 is 13.2 Å². The molecule has 3 nitrogen and oxygen atoms in total. The van der Waals surface area contributed by atoms with Gasteiger partial charge in [-0.3, -0.25) is 4.90 Å². The Morgan fingerprint density at radius 3 is 2.50 bits per heavy atom. The minimum Gasteiger partial charge on any atom is -0.314 e. The van der Waals surface area contributed by atoms with Gasteiger partial charge in [0.15, 0.2) is 0 Å². The van der Waals surface area contributed by atoms with Crippen molar-refractivity contribution in [1.82, 2.24) is 10.2 Å². The molecule has 0 aliphatic carbocycles. The molecule has 0 aromatic heterocycles. The number of rotatable bonds is 2. The van der Waals surface area contributed by atoms with Crippen LogP contribution in [0, 0.1) is 0 Å². The largest absolute Gasteiger partial charge is 0.401 e. The minimum absolute atomic E-state index is 0.0372. The van der Waals surface area contributed by atoms with E-state index in [1.807, 2.05) is 4.90 Å². The van der Waals surface area contributed by atoms with Crippen molar-refractivity contribution in [3.63, 3.8) is 0 Å². The fourth-order valence-corrected chi connectivity index (χ4v) is 2.44. The number of hydrogen-bond donors (Lipinski definition) is 2. The smallest absolute Gasteiger partial charge is 0.314 e. The predicted molar refractivity (Wildman–Crippen MR) is 51.2 cm³/mol. The minimum atomic E-state index is -4.19. The lowest BCUT2D eigenvalue weighted by Crippen LogP contribution is -2.51. The molecule has 14 heavy (non-hydrogen) atoms. The summed E-state index contributed by atoms with van der Waals surface area (Å²) in [5, 5.41) is 2.41. The SMILES string of the molecule is CN1CC(Br)C(NCC(F)(F)F)C1N. The lowest BCUT2D eigenvalue weighted by molar-refractivity contribution is -0.126. The number of likely N-dealkylation sites (N-methyl/N-ethyl adjacent to an activating group) is 1. The molecule has 3 unspecified atom stereocenters. The van der Waals surface area contributed by atoms with Gasteiger partial charge in [0.1, 0.15) is 0 Å². The van der Waals surface area contributed by atoms with Gasteiger partial charge in [-0.2, -0.15) is 13.2 Å².